The first-order chi connectivity index (χ1) is 13.7. The van der Waals surface area contributed by atoms with Crippen molar-refractivity contribution in [2.75, 3.05) is 18.6 Å². The summed E-state index contributed by atoms with van der Waals surface area (Å²) in [6, 6.07) is -0.0735. The molecule has 2 aliphatic rings. The third kappa shape index (κ3) is 5.10. The van der Waals surface area contributed by atoms with Crippen LogP contribution in [0.25, 0.3) is 5.57 Å². The van der Waals surface area contributed by atoms with E-state index in [9.17, 15) is 13.2 Å². The van der Waals surface area contributed by atoms with Crippen LogP contribution in [0.4, 0.5) is 4.79 Å². The molecule has 1 fully saturated rings. The van der Waals surface area contributed by atoms with Gasteiger partial charge in [-0.2, -0.15) is 0 Å². The van der Waals surface area contributed by atoms with E-state index in [2.05, 4.69) is 4.57 Å². The highest BCUT2D eigenvalue weighted by Gasteiger charge is 2.41. The molecule has 160 valence electrons. The number of piperidine rings is 1. The van der Waals surface area contributed by atoms with Crippen molar-refractivity contribution in [3.63, 3.8) is 0 Å². The minimum absolute atomic E-state index is 0.00255. The van der Waals surface area contributed by atoms with E-state index in [0.29, 0.717) is 12.5 Å². The molecule has 1 saturated heterocycles. The number of fused-ring (bicyclic) bond motifs is 3. The number of ether oxygens (including phenoxy) is 1. The van der Waals surface area contributed by atoms with E-state index in [1.807, 2.05) is 37.9 Å². The van der Waals surface area contributed by atoms with Crippen LogP contribution in [-0.4, -0.2) is 53.6 Å². The van der Waals surface area contributed by atoms with Gasteiger partial charge in [0.25, 0.3) is 0 Å². The Morgan fingerprint density at radius 1 is 1.34 bits per heavy atom. The van der Waals surface area contributed by atoms with Crippen LogP contribution < -0.4 is 0 Å². The molecule has 0 aliphatic carbocycles. The van der Waals surface area contributed by atoms with Crippen LogP contribution in [0.2, 0.25) is 0 Å². The van der Waals surface area contributed by atoms with Gasteiger partial charge in [-0.1, -0.05) is 18.2 Å². The second-order valence-electron chi connectivity index (χ2n) is 8.18. The summed E-state index contributed by atoms with van der Waals surface area (Å²) in [5, 5.41) is 0. The van der Waals surface area contributed by atoms with Crippen molar-refractivity contribution in [2.45, 2.75) is 58.7 Å². The molecule has 29 heavy (non-hydrogen) atoms. The molecular formula is C21H31N3O4S. The molecule has 1 amide bonds. The molecule has 3 rings (SSSR count). The Hall–Kier alpha value is -2.09. The molecular weight excluding hydrogens is 390 g/mol. The average Bonchev–Trinajstić information content (AvgIpc) is 3.07. The van der Waals surface area contributed by atoms with Gasteiger partial charge in [-0.3, -0.25) is 4.90 Å². The number of rotatable bonds is 5. The summed E-state index contributed by atoms with van der Waals surface area (Å²) in [5.41, 5.74) is 1.68. The normalized spacial score (nSPS) is 22.7. The fraction of sp³-hybridized carbons (Fsp3) is 0.619. The highest BCUT2D eigenvalue weighted by molar-refractivity contribution is 7.90. The number of allylic oxidation sites excluding steroid dienone is 3. The lowest BCUT2D eigenvalue weighted by Gasteiger charge is -2.43. The molecule has 0 aromatic carbocycles. The van der Waals surface area contributed by atoms with Gasteiger partial charge in [0.2, 0.25) is 0 Å². The van der Waals surface area contributed by atoms with E-state index >= 15 is 0 Å². The van der Waals surface area contributed by atoms with E-state index in [1.54, 1.807) is 12.2 Å². The van der Waals surface area contributed by atoms with Crippen molar-refractivity contribution in [1.82, 2.24) is 14.5 Å². The Bertz CT molecular complexity index is 914. The van der Waals surface area contributed by atoms with Gasteiger partial charge in [0.1, 0.15) is 5.82 Å². The summed E-state index contributed by atoms with van der Waals surface area (Å²) in [6.45, 7) is 7.19. The highest BCUT2D eigenvalue weighted by atomic mass is 32.2. The number of aromatic nitrogens is 2. The lowest BCUT2D eigenvalue weighted by atomic mass is 9.84. The van der Waals surface area contributed by atoms with Gasteiger partial charge in [-0.25, -0.2) is 18.2 Å². The van der Waals surface area contributed by atoms with E-state index in [4.69, 9.17) is 9.72 Å². The van der Waals surface area contributed by atoms with Crippen molar-refractivity contribution in [3.8, 4) is 0 Å². The second kappa shape index (κ2) is 8.73. The maximum atomic E-state index is 12.7. The third-order valence-corrected chi connectivity index (χ3v) is 6.24. The van der Waals surface area contributed by atoms with Crippen LogP contribution in [0, 0.1) is 5.92 Å². The number of amides is 1. The van der Waals surface area contributed by atoms with E-state index < -0.39 is 9.84 Å². The topological polar surface area (TPSA) is 81.5 Å². The Labute approximate surface area is 173 Å². The highest BCUT2D eigenvalue weighted by Crippen LogP contribution is 2.42. The molecule has 7 nitrogen and oxygen atoms in total. The van der Waals surface area contributed by atoms with E-state index in [1.165, 1.54) is 6.26 Å². The molecule has 0 spiro atoms. The summed E-state index contributed by atoms with van der Waals surface area (Å²) < 4.78 is 30.4. The molecule has 0 radical (unpaired) electrons. The van der Waals surface area contributed by atoms with Crippen molar-refractivity contribution < 1.29 is 17.9 Å². The number of hydrogen-bond acceptors (Lipinski definition) is 5. The molecule has 2 unspecified atom stereocenters. The maximum absolute atomic E-state index is 12.7. The zero-order chi connectivity index (χ0) is 21.2. The summed E-state index contributed by atoms with van der Waals surface area (Å²) in [5.74, 6) is 1.28. The predicted octanol–water partition coefficient (Wildman–Crippen LogP) is 3.59. The van der Waals surface area contributed by atoms with Crippen molar-refractivity contribution >= 4 is 21.5 Å². The molecule has 0 N–H and O–H groups in total. The molecule has 0 bridgehead atoms. The van der Waals surface area contributed by atoms with Crippen LogP contribution in [-0.2, 0) is 21.1 Å². The predicted molar refractivity (Wildman–Crippen MR) is 113 cm³/mol. The fourth-order valence-corrected chi connectivity index (χ4v) is 4.62. The number of aryl methyl sites for hydroxylation is 1. The maximum Gasteiger partial charge on any atom is 0.410 e. The van der Waals surface area contributed by atoms with Crippen molar-refractivity contribution in [1.29, 1.82) is 0 Å². The van der Waals surface area contributed by atoms with E-state index in [-0.39, 0.29) is 24.0 Å². The number of nitrogens with zero attached hydrogens (tertiary/aromatic N) is 3. The quantitative estimate of drug-likeness (QED) is 0.679. The van der Waals surface area contributed by atoms with Crippen LogP contribution in [0.3, 0.4) is 0 Å². The monoisotopic (exact) mass is 421 g/mol. The SMILES string of the molecule is C/C=C(\C=C/CS(C)(=O)=O)c1cn2c(n1)C1C(CCCN1C(=O)OC(C)C)CC2. The van der Waals surface area contributed by atoms with Crippen LogP contribution >= 0.6 is 0 Å². The average molecular weight is 422 g/mol. The Balaban J connectivity index is 1.89. The first-order valence-corrected chi connectivity index (χ1v) is 12.3. The molecule has 3 heterocycles. The van der Waals surface area contributed by atoms with Crippen LogP contribution in [0.1, 0.15) is 57.6 Å². The smallest absolute Gasteiger partial charge is 0.410 e. The van der Waals surface area contributed by atoms with Gasteiger partial charge < -0.3 is 9.30 Å². The lowest BCUT2D eigenvalue weighted by molar-refractivity contribution is 0.0241. The minimum Gasteiger partial charge on any atom is -0.447 e. The van der Waals surface area contributed by atoms with Crippen LogP contribution in [0.15, 0.2) is 24.4 Å². The van der Waals surface area contributed by atoms with Crippen LogP contribution in [0.5, 0.6) is 0 Å². The zero-order valence-electron chi connectivity index (χ0n) is 17.7. The second-order valence-corrected chi connectivity index (χ2v) is 10.4. The largest absolute Gasteiger partial charge is 0.447 e. The first kappa shape index (κ1) is 21.6. The summed E-state index contributed by atoms with van der Waals surface area (Å²) >= 11 is 0. The first-order valence-electron chi connectivity index (χ1n) is 10.2. The molecule has 1 aromatic rings. The number of likely N-dealkylation sites (tertiary alicyclic amines) is 1. The minimum atomic E-state index is -3.05. The summed E-state index contributed by atoms with van der Waals surface area (Å²) in [6.07, 6.45) is 11.3. The van der Waals surface area contributed by atoms with Gasteiger partial charge in [0, 0.05) is 25.5 Å². The number of sulfone groups is 1. The molecule has 8 heteroatoms. The van der Waals surface area contributed by atoms with E-state index in [0.717, 1.165) is 42.9 Å². The molecule has 2 atom stereocenters. The number of imidazole rings is 1. The van der Waals surface area contributed by atoms with Gasteiger partial charge >= 0.3 is 6.09 Å². The summed E-state index contributed by atoms with van der Waals surface area (Å²) in [7, 11) is -3.05. The van der Waals surface area contributed by atoms with Gasteiger partial charge in [-0.05, 0) is 51.5 Å². The van der Waals surface area contributed by atoms with Gasteiger partial charge in [0.15, 0.2) is 9.84 Å². The van der Waals surface area contributed by atoms with Crippen molar-refractivity contribution in [3.05, 3.63) is 35.9 Å². The third-order valence-electron chi connectivity index (χ3n) is 5.44. The Morgan fingerprint density at radius 2 is 2.10 bits per heavy atom. The zero-order valence-corrected chi connectivity index (χ0v) is 18.5. The molecule has 0 saturated carbocycles. The number of hydrogen-bond donors (Lipinski definition) is 0. The van der Waals surface area contributed by atoms with Gasteiger partial charge in [0.05, 0.1) is 23.6 Å². The number of carbonyl (C=O) groups is 1. The Morgan fingerprint density at radius 3 is 2.76 bits per heavy atom. The lowest BCUT2D eigenvalue weighted by Crippen LogP contribution is -2.46. The Kier molecular flexibility index (Phi) is 6.51. The number of carbonyl (C=O) groups excluding carboxylic acids is 1. The fourth-order valence-electron chi connectivity index (χ4n) is 4.17. The van der Waals surface area contributed by atoms with Crippen molar-refractivity contribution in [2.24, 2.45) is 5.92 Å². The standard InChI is InChI=1S/C21H31N3O4S/c1-5-16(9-7-13-29(4,26)27)18-14-23-12-10-17-8-6-11-24(19(17)20(23)22-18)21(25)28-15(2)3/h5,7,9,14-15,17,19H,6,8,10-13H2,1-4H3/b9-7-,16-5+. The summed E-state index contributed by atoms with van der Waals surface area (Å²) in [4.78, 5) is 19.4. The molecule has 2 aliphatic heterocycles. The van der Waals surface area contributed by atoms with Gasteiger partial charge in [-0.15, -0.1) is 0 Å². The molecule has 1 aromatic heterocycles.